The number of hydrogen-bond acceptors (Lipinski definition) is 4. The van der Waals surface area contributed by atoms with Gasteiger partial charge in [0.1, 0.15) is 17.1 Å². The predicted molar refractivity (Wildman–Crippen MR) is 114 cm³/mol. The minimum atomic E-state index is -0.360. The zero-order valence-corrected chi connectivity index (χ0v) is 16.9. The molecular weight excluding hydrogens is 385 g/mol. The summed E-state index contributed by atoms with van der Waals surface area (Å²) < 4.78 is 14.8. The Labute approximate surface area is 174 Å². The zero-order chi connectivity index (χ0) is 21.7. The van der Waals surface area contributed by atoms with Crippen molar-refractivity contribution >= 4 is 17.9 Å². The van der Waals surface area contributed by atoms with Crippen molar-refractivity contribution in [2.45, 2.75) is 19.9 Å². The minimum Gasteiger partial charge on any atom is -0.505 e. The Morgan fingerprint density at radius 3 is 2.63 bits per heavy atom. The average Bonchev–Trinajstić information content (AvgIpc) is 3.03. The zero-order valence-electron chi connectivity index (χ0n) is 16.9. The molecule has 30 heavy (non-hydrogen) atoms. The van der Waals surface area contributed by atoms with Crippen molar-refractivity contribution in [3.63, 3.8) is 0 Å². The molecular formula is C23H24FN3O3. The second-order valence-corrected chi connectivity index (χ2v) is 6.85. The van der Waals surface area contributed by atoms with Crippen molar-refractivity contribution in [2.75, 3.05) is 13.6 Å². The maximum absolute atomic E-state index is 13.2. The van der Waals surface area contributed by atoms with Gasteiger partial charge >= 0.3 is 0 Å². The van der Waals surface area contributed by atoms with Gasteiger partial charge in [0.25, 0.3) is 5.91 Å². The molecule has 0 fully saturated rings. The number of aromatic nitrogens is 1. The summed E-state index contributed by atoms with van der Waals surface area (Å²) in [5.74, 6) is -1.03. The van der Waals surface area contributed by atoms with Crippen LogP contribution in [0.3, 0.4) is 0 Å². The van der Waals surface area contributed by atoms with Crippen molar-refractivity contribution in [1.29, 1.82) is 0 Å². The van der Waals surface area contributed by atoms with E-state index in [0.29, 0.717) is 37.2 Å². The summed E-state index contributed by atoms with van der Waals surface area (Å²) >= 11 is 0. The number of carbonyl (C=O) groups excluding carboxylic acids is 2. The van der Waals surface area contributed by atoms with E-state index < -0.39 is 0 Å². The fraction of sp³-hybridized carbons (Fsp3) is 0.217. The van der Waals surface area contributed by atoms with Gasteiger partial charge in [0, 0.05) is 38.5 Å². The van der Waals surface area contributed by atoms with E-state index in [1.165, 1.54) is 12.1 Å². The highest BCUT2D eigenvalue weighted by atomic mass is 19.1. The summed E-state index contributed by atoms with van der Waals surface area (Å²) in [7, 11) is 1.73. The molecule has 1 aromatic heterocycles. The quantitative estimate of drug-likeness (QED) is 0.542. The summed E-state index contributed by atoms with van der Waals surface area (Å²) in [6.07, 6.45) is 10.0. The number of nitrogens with zero attached hydrogens (tertiary/aromatic N) is 2. The highest BCUT2D eigenvalue weighted by molar-refractivity contribution is 6.03. The van der Waals surface area contributed by atoms with Crippen LogP contribution < -0.4 is 5.32 Å². The Hall–Kier alpha value is -3.61. The average molecular weight is 409 g/mol. The lowest BCUT2D eigenvalue weighted by atomic mass is 10.0. The Morgan fingerprint density at radius 2 is 2.00 bits per heavy atom. The van der Waals surface area contributed by atoms with E-state index in [9.17, 15) is 19.1 Å². The number of benzene rings is 1. The Bertz CT molecular complexity index is 1030. The predicted octanol–water partition coefficient (Wildman–Crippen LogP) is 3.49. The van der Waals surface area contributed by atoms with Gasteiger partial charge < -0.3 is 19.9 Å². The molecule has 0 radical (unpaired) electrons. The van der Waals surface area contributed by atoms with Crippen LogP contribution in [0, 0.1) is 5.82 Å². The van der Waals surface area contributed by atoms with Crippen LogP contribution in [0.1, 0.15) is 39.0 Å². The molecule has 2 N–H and O–H groups in total. The van der Waals surface area contributed by atoms with Gasteiger partial charge in [-0.3, -0.25) is 9.59 Å². The topological polar surface area (TPSA) is 74.6 Å². The van der Waals surface area contributed by atoms with E-state index in [4.69, 9.17) is 0 Å². The van der Waals surface area contributed by atoms with E-state index in [-0.39, 0.29) is 28.7 Å². The van der Waals surface area contributed by atoms with Gasteiger partial charge in [0.2, 0.25) is 0 Å². The van der Waals surface area contributed by atoms with Gasteiger partial charge in [0.05, 0.1) is 5.70 Å². The molecule has 3 rings (SSSR count). The maximum atomic E-state index is 13.2. The Kier molecular flexibility index (Phi) is 6.51. The highest BCUT2D eigenvalue weighted by Gasteiger charge is 2.34. The van der Waals surface area contributed by atoms with Crippen molar-refractivity contribution in [1.82, 2.24) is 14.8 Å². The Morgan fingerprint density at radius 1 is 1.27 bits per heavy atom. The third-order valence-electron chi connectivity index (χ3n) is 4.92. The van der Waals surface area contributed by atoms with E-state index >= 15 is 0 Å². The monoisotopic (exact) mass is 409 g/mol. The third kappa shape index (κ3) is 4.05. The van der Waals surface area contributed by atoms with Crippen molar-refractivity contribution in [3.05, 3.63) is 83.1 Å². The summed E-state index contributed by atoms with van der Waals surface area (Å²) in [5.41, 5.74) is 2.15. The van der Waals surface area contributed by atoms with Crippen LogP contribution in [-0.2, 0) is 13.0 Å². The number of nitrogens with one attached hydrogen (secondary N) is 1. The second kappa shape index (κ2) is 9.26. The number of aldehydes is 1. The van der Waals surface area contributed by atoms with E-state index in [1.807, 2.05) is 25.2 Å². The van der Waals surface area contributed by atoms with Gasteiger partial charge in [-0.25, -0.2) is 4.39 Å². The summed E-state index contributed by atoms with van der Waals surface area (Å²) in [5, 5.41) is 13.6. The molecule has 0 atom stereocenters. The number of amides is 1. The molecule has 0 spiro atoms. The number of hydrogen-bond donors (Lipinski definition) is 2. The number of fused-ring (bicyclic) bond motifs is 1. The SMILES string of the molecule is C\C=C/C=C\C(=C\NC)n1c(C=O)c(O)c2c1CCN(Cc1ccc(F)cc1)C2=O. The van der Waals surface area contributed by atoms with Gasteiger partial charge in [0.15, 0.2) is 12.0 Å². The maximum Gasteiger partial charge on any atom is 0.259 e. The van der Waals surface area contributed by atoms with Crippen LogP contribution in [0.2, 0.25) is 0 Å². The van der Waals surface area contributed by atoms with Crippen LogP contribution in [0.4, 0.5) is 4.39 Å². The normalized spacial score (nSPS) is 14.6. The lowest BCUT2D eigenvalue weighted by molar-refractivity contribution is 0.0723. The lowest BCUT2D eigenvalue weighted by Crippen LogP contribution is -2.37. The summed E-state index contributed by atoms with van der Waals surface area (Å²) in [6, 6.07) is 5.94. The molecule has 1 aliphatic rings. The number of halogens is 1. The van der Waals surface area contributed by atoms with Crippen molar-refractivity contribution < 1.29 is 19.1 Å². The molecule has 1 aromatic carbocycles. The van der Waals surface area contributed by atoms with E-state index in [0.717, 1.165) is 5.56 Å². The van der Waals surface area contributed by atoms with E-state index in [2.05, 4.69) is 5.32 Å². The second-order valence-electron chi connectivity index (χ2n) is 6.85. The molecule has 0 saturated heterocycles. The van der Waals surface area contributed by atoms with Crippen LogP contribution >= 0.6 is 0 Å². The summed E-state index contributed by atoms with van der Waals surface area (Å²) in [6.45, 7) is 2.59. The van der Waals surface area contributed by atoms with Crippen LogP contribution in [-0.4, -0.2) is 40.4 Å². The highest BCUT2D eigenvalue weighted by Crippen LogP contribution is 2.36. The fourth-order valence-corrected chi connectivity index (χ4v) is 3.55. The molecule has 6 nitrogen and oxygen atoms in total. The van der Waals surface area contributed by atoms with Crippen LogP contribution in [0.25, 0.3) is 5.70 Å². The molecule has 0 bridgehead atoms. The molecule has 0 aliphatic carbocycles. The first-order valence-corrected chi connectivity index (χ1v) is 9.64. The number of allylic oxidation sites excluding steroid dienone is 5. The van der Waals surface area contributed by atoms with Gasteiger partial charge in [-0.1, -0.05) is 30.4 Å². The molecule has 7 heteroatoms. The molecule has 0 unspecified atom stereocenters. The Balaban J connectivity index is 2.02. The molecule has 2 aromatic rings. The van der Waals surface area contributed by atoms with Crippen LogP contribution in [0.15, 0.2) is 54.8 Å². The van der Waals surface area contributed by atoms with Crippen molar-refractivity contribution in [2.24, 2.45) is 0 Å². The smallest absolute Gasteiger partial charge is 0.259 e. The molecule has 0 saturated carbocycles. The molecule has 156 valence electrons. The third-order valence-corrected chi connectivity index (χ3v) is 4.92. The summed E-state index contributed by atoms with van der Waals surface area (Å²) in [4.78, 5) is 26.5. The lowest BCUT2D eigenvalue weighted by Gasteiger charge is -2.28. The molecule has 2 heterocycles. The number of carbonyl (C=O) groups is 2. The largest absolute Gasteiger partial charge is 0.505 e. The molecule has 1 amide bonds. The first kappa shape index (κ1) is 21.1. The fourth-order valence-electron chi connectivity index (χ4n) is 3.55. The first-order chi connectivity index (χ1) is 14.5. The van der Waals surface area contributed by atoms with Gasteiger partial charge in [-0.05, 0) is 30.7 Å². The number of rotatable bonds is 7. The van der Waals surface area contributed by atoms with Gasteiger partial charge in [-0.15, -0.1) is 0 Å². The van der Waals surface area contributed by atoms with Gasteiger partial charge in [-0.2, -0.15) is 0 Å². The van der Waals surface area contributed by atoms with Crippen LogP contribution in [0.5, 0.6) is 5.75 Å². The first-order valence-electron chi connectivity index (χ1n) is 9.64. The van der Waals surface area contributed by atoms with E-state index in [1.54, 1.807) is 40.9 Å². The minimum absolute atomic E-state index is 0.0311. The van der Waals surface area contributed by atoms with Crippen molar-refractivity contribution in [3.8, 4) is 5.75 Å². The standard InChI is InChI=1S/C23H24FN3O3/c1-3-4-5-6-18(13-25-2)27-19-11-12-26(14-16-7-9-17(24)10-8-16)23(30)21(19)22(29)20(27)15-28/h3-10,13,15,25,29H,11-12,14H2,1-2H3/b4-3-,6-5-,18-13-. The number of aromatic hydroxyl groups is 1. The molecule has 1 aliphatic heterocycles.